The molecule has 0 unspecified atom stereocenters. The summed E-state index contributed by atoms with van der Waals surface area (Å²) in [7, 11) is 1.41. The van der Waals surface area contributed by atoms with Crippen LogP contribution in [0.4, 0.5) is 23.2 Å². The number of fused-ring (bicyclic) bond motifs is 1. The highest BCUT2D eigenvalue weighted by Gasteiger charge is 2.45. The highest BCUT2D eigenvalue weighted by atomic mass is 19.4. The zero-order valence-electron chi connectivity index (χ0n) is 24.7. The number of nitrogens with one attached hydrogen (secondary N) is 1. The maximum absolute atomic E-state index is 15.4. The van der Waals surface area contributed by atoms with Gasteiger partial charge in [0.25, 0.3) is 5.91 Å². The number of methoxy groups -OCH3 is 1. The van der Waals surface area contributed by atoms with E-state index in [1.807, 2.05) is 30.4 Å². The number of hydrogen-bond acceptors (Lipinski definition) is 7. The number of anilines is 1. The number of pyridine rings is 1. The van der Waals surface area contributed by atoms with Crippen molar-refractivity contribution < 1.29 is 31.8 Å². The fourth-order valence-electron chi connectivity index (χ4n) is 5.26. The molecule has 44 heavy (non-hydrogen) atoms. The minimum absolute atomic E-state index is 0.0235. The smallest absolute Gasteiger partial charge is 0.411 e. The first-order valence-corrected chi connectivity index (χ1v) is 13.9. The third-order valence-corrected chi connectivity index (χ3v) is 7.81. The summed E-state index contributed by atoms with van der Waals surface area (Å²) >= 11 is 0. The van der Waals surface area contributed by atoms with Crippen LogP contribution >= 0.6 is 0 Å². The quantitative estimate of drug-likeness (QED) is 0.218. The Morgan fingerprint density at radius 1 is 1.20 bits per heavy atom. The number of amides is 1. The predicted molar refractivity (Wildman–Crippen MR) is 156 cm³/mol. The van der Waals surface area contributed by atoms with Crippen molar-refractivity contribution in [2.45, 2.75) is 45.5 Å². The largest absolute Gasteiger partial charge is 0.500 e. The molecular formula is C31H32F4N6O3. The van der Waals surface area contributed by atoms with Crippen molar-refractivity contribution in [1.29, 1.82) is 0 Å². The van der Waals surface area contributed by atoms with E-state index in [1.54, 1.807) is 18.6 Å². The summed E-state index contributed by atoms with van der Waals surface area (Å²) in [5.41, 5.74) is 3.81. The van der Waals surface area contributed by atoms with E-state index in [0.717, 1.165) is 33.5 Å². The Morgan fingerprint density at radius 3 is 2.66 bits per heavy atom. The normalized spacial score (nSPS) is 16.2. The van der Waals surface area contributed by atoms with Gasteiger partial charge in [-0.3, -0.25) is 4.79 Å². The van der Waals surface area contributed by atoms with Crippen molar-refractivity contribution in [3.05, 3.63) is 89.1 Å². The standard InChI is InChI=1S/C31H32F4N6O3/c1-17-12-22(40-10-11-44-16-26(40)31(33,34)35)13-24(32)27(17)30(42)39-25(20(4)43-5)14-21-6-7-23(29-36-8-9-41(21)29)28-37-15-18(2)19(3)38-28/h6-9,12-13,15,25-26H,4,10-11,14,16H2,1-3,5H3,(H,39,42)/t25-,26+/m0/s1. The number of benzene rings is 1. The fourth-order valence-corrected chi connectivity index (χ4v) is 5.26. The Bertz CT molecular complexity index is 1700. The van der Waals surface area contributed by atoms with Gasteiger partial charge in [-0.2, -0.15) is 13.2 Å². The first kappa shape index (κ1) is 30.9. The van der Waals surface area contributed by atoms with E-state index in [0.29, 0.717) is 11.5 Å². The van der Waals surface area contributed by atoms with Gasteiger partial charge < -0.3 is 24.1 Å². The highest BCUT2D eigenvalue weighted by Crippen LogP contribution is 2.33. The van der Waals surface area contributed by atoms with Gasteiger partial charge in [0.2, 0.25) is 0 Å². The average Bonchev–Trinajstić information content (AvgIpc) is 3.48. The van der Waals surface area contributed by atoms with Gasteiger partial charge in [-0.15, -0.1) is 0 Å². The van der Waals surface area contributed by atoms with Crippen LogP contribution in [-0.2, 0) is 15.9 Å². The SMILES string of the molecule is C=C(OC)[C@H](Cc1ccc(-c2ncc(C)c(C)n2)c2nccn12)NC(=O)c1c(C)cc(N2CCOC[C@@H]2C(F)(F)F)cc1F. The van der Waals surface area contributed by atoms with Gasteiger partial charge >= 0.3 is 6.18 Å². The number of carbonyl (C=O) groups is 1. The average molecular weight is 613 g/mol. The first-order valence-electron chi connectivity index (χ1n) is 13.9. The highest BCUT2D eigenvalue weighted by molar-refractivity contribution is 5.96. The van der Waals surface area contributed by atoms with Crippen molar-refractivity contribution in [1.82, 2.24) is 24.7 Å². The fraction of sp³-hybridized carbons (Fsp3) is 0.355. The van der Waals surface area contributed by atoms with Gasteiger partial charge in [0, 0.05) is 48.6 Å². The third kappa shape index (κ3) is 6.09. The molecule has 2 atom stereocenters. The summed E-state index contributed by atoms with van der Waals surface area (Å²) in [4.78, 5) is 28.0. The molecule has 0 spiro atoms. The number of carbonyl (C=O) groups excluding carboxylic acids is 1. The molecule has 4 heterocycles. The molecule has 9 nitrogen and oxygen atoms in total. The number of alkyl halides is 3. The molecule has 3 aromatic heterocycles. The predicted octanol–water partition coefficient (Wildman–Crippen LogP) is 5.12. The number of imidazole rings is 1. The summed E-state index contributed by atoms with van der Waals surface area (Å²) in [6, 6.07) is 3.33. The summed E-state index contributed by atoms with van der Waals surface area (Å²) in [5, 5.41) is 2.79. The van der Waals surface area contributed by atoms with Crippen LogP contribution in [0.5, 0.6) is 0 Å². The van der Waals surface area contributed by atoms with Crippen LogP contribution < -0.4 is 10.2 Å². The Balaban J connectivity index is 1.41. The second kappa shape index (κ2) is 12.2. The molecule has 0 radical (unpaired) electrons. The molecule has 5 rings (SSSR count). The molecule has 232 valence electrons. The lowest BCUT2D eigenvalue weighted by atomic mass is 10.0. The van der Waals surface area contributed by atoms with Crippen molar-refractivity contribution >= 4 is 17.2 Å². The van der Waals surface area contributed by atoms with Crippen LogP contribution in [0.1, 0.15) is 32.9 Å². The van der Waals surface area contributed by atoms with Crippen LogP contribution in [0.3, 0.4) is 0 Å². The van der Waals surface area contributed by atoms with E-state index < -0.39 is 36.6 Å². The second-order valence-electron chi connectivity index (χ2n) is 10.7. The minimum Gasteiger partial charge on any atom is -0.500 e. The Kier molecular flexibility index (Phi) is 8.60. The third-order valence-electron chi connectivity index (χ3n) is 7.81. The molecule has 1 N–H and O–H groups in total. The van der Waals surface area contributed by atoms with Crippen LogP contribution in [0.2, 0.25) is 0 Å². The van der Waals surface area contributed by atoms with E-state index >= 15 is 4.39 Å². The Hall–Kier alpha value is -4.52. The topological polar surface area (TPSA) is 93.9 Å². The van der Waals surface area contributed by atoms with Gasteiger partial charge in [0.05, 0.1) is 37.5 Å². The molecule has 4 aromatic rings. The number of nitrogens with zero attached hydrogens (tertiary/aromatic N) is 5. The van der Waals surface area contributed by atoms with Crippen molar-refractivity contribution in [2.24, 2.45) is 0 Å². The monoisotopic (exact) mass is 612 g/mol. The van der Waals surface area contributed by atoms with Crippen molar-refractivity contribution in [2.75, 3.05) is 31.8 Å². The minimum atomic E-state index is -4.57. The van der Waals surface area contributed by atoms with Crippen LogP contribution in [0.25, 0.3) is 17.0 Å². The number of aromatic nitrogens is 4. The molecule has 1 amide bonds. The maximum atomic E-state index is 15.4. The molecular weight excluding hydrogens is 580 g/mol. The zero-order valence-corrected chi connectivity index (χ0v) is 24.7. The molecule has 0 bridgehead atoms. The number of hydrogen-bond donors (Lipinski definition) is 1. The molecule has 0 aliphatic carbocycles. The molecule has 1 saturated heterocycles. The maximum Gasteiger partial charge on any atom is 0.411 e. The van der Waals surface area contributed by atoms with Gasteiger partial charge in [0.1, 0.15) is 23.3 Å². The van der Waals surface area contributed by atoms with E-state index in [1.165, 1.54) is 20.1 Å². The second-order valence-corrected chi connectivity index (χ2v) is 10.7. The van der Waals surface area contributed by atoms with Crippen LogP contribution in [-0.4, -0.2) is 70.4 Å². The lowest BCUT2D eigenvalue weighted by Gasteiger charge is -2.38. The lowest BCUT2D eigenvalue weighted by Crippen LogP contribution is -2.53. The number of morpholine rings is 1. The number of halogens is 4. The Labute approximate surface area is 251 Å². The molecule has 13 heteroatoms. The van der Waals surface area contributed by atoms with E-state index in [-0.39, 0.29) is 42.1 Å². The molecule has 1 fully saturated rings. The van der Waals surface area contributed by atoms with Gasteiger partial charge in [-0.05, 0) is 56.2 Å². The van der Waals surface area contributed by atoms with Crippen LogP contribution in [0, 0.1) is 26.6 Å². The molecule has 1 aromatic carbocycles. The Morgan fingerprint density at radius 2 is 1.98 bits per heavy atom. The number of aryl methyl sites for hydroxylation is 3. The molecule has 0 saturated carbocycles. The van der Waals surface area contributed by atoms with Gasteiger partial charge in [-0.1, -0.05) is 6.58 Å². The summed E-state index contributed by atoms with van der Waals surface area (Å²) in [6.45, 7) is 8.67. The molecule has 1 aliphatic rings. The molecule has 1 aliphatic heterocycles. The van der Waals surface area contributed by atoms with Crippen LogP contribution in [0.15, 0.2) is 55.2 Å². The van der Waals surface area contributed by atoms with Crippen molar-refractivity contribution in [3.63, 3.8) is 0 Å². The van der Waals surface area contributed by atoms with E-state index in [2.05, 4.69) is 26.8 Å². The summed E-state index contributed by atoms with van der Waals surface area (Å²) < 4.78 is 68.5. The van der Waals surface area contributed by atoms with E-state index in [9.17, 15) is 18.0 Å². The number of ether oxygens (including phenoxy) is 2. The summed E-state index contributed by atoms with van der Waals surface area (Å²) in [6.07, 6.45) is 0.799. The van der Waals surface area contributed by atoms with Gasteiger partial charge in [-0.25, -0.2) is 19.3 Å². The van der Waals surface area contributed by atoms with Crippen molar-refractivity contribution in [3.8, 4) is 11.4 Å². The zero-order chi connectivity index (χ0) is 31.8. The number of rotatable bonds is 8. The van der Waals surface area contributed by atoms with E-state index in [4.69, 9.17) is 9.47 Å². The first-order chi connectivity index (χ1) is 20.9. The lowest BCUT2D eigenvalue weighted by molar-refractivity contribution is -0.167. The summed E-state index contributed by atoms with van der Waals surface area (Å²) in [5.74, 6) is -0.952. The van der Waals surface area contributed by atoms with Gasteiger partial charge in [0.15, 0.2) is 5.82 Å².